The number of hydrogen-bond acceptors (Lipinski definition) is 4. The first-order valence-corrected chi connectivity index (χ1v) is 10.1. The topological polar surface area (TPSA) is 66.1 Å². The van der Waals surface area contributed by atoms with Gasteiger partial charge >= 0.3 is 0 Å². The summed E-state index contributed by atoms with van der Waals surface area (Å²) < 4.78 is 2.13. The number of nitrogens with zero attached hydrogens (tertiary/aromatic N) is 3. The number of thioether (sulfide) groups is 1. The second-order valence-corrected chi connectivity index (χ2v) is 7.84. The Kier molecular flexibility index (Phi) is 5.18. The Morgan fingerprint density at radius 2 is 1.87 bits per heavy atom. The number of terminal acetylenes is 1. The Morgan fingerprint density at radius 1 is 1.13 bits per heavy atom. The number of imide groups is 1. The summed E-state index contributed by atoms with van der Waals surface area (Å²) >= 11 is 0.904. The van der Waals surface area contributed by atoms with Gasteiger partial charge in [0.15, 0.2) is 0 Å². The zero-order valence-electron chi connectivity index (χ0n) is 16.3. The fourth-order valence-electron chi connectivity index (χ4n) is 3.64. The van der Waals surface area contributed by atoms with Crippen molar-refractivity contribution in [3.63, 3.8) is 0 Å². The van der Waals surface area contributed by atoms with Crippen molar-refractivity contribution in [2.24, 2.45) is 0 Å². The molecular formula is C24H17N3O2S. The molecule has 2 aromatic carbocycles. The highest BCUT2D eigenvalue weighted by atomic mass is 32.2. The van der Waals surface area contributed by atoms with E-state index in [0.717, 1.165) is 44.4 Å². The Bertz CT molecular complexity index is 1300. The quantitative estimate of drug-likeness (QED) is 0.467. The Morgan fingerprint density at radius 3 is 2.63 bits per heavy atom. The molecule has 0 unspecified atom stereocenters. The van der Waals surface area contributed by atoms with Crippen molar-refractivity contribution in [1.82, 2.24) is 9.47 Å². The molecule has 1 saturated heterocycles. The summed E-state index contributed by atoms with van der Waals surface area (Å²) in [5.74, 6) is 1.98. The smallest absolute Gasteiger partial charge is 0.294 e. The molecule has 0 radical (unpaired) electrons. The van der Waals surface area contributed by atoms with Gasteiger partial charge in [-0.3, -0.25) is 14.5 Å². The van der Waals surface area contributed by atoms with Crippen molar-refractivity contribution < 1.29 is 9.59 Å². The zero-order valence-corrected chi connectivity index (χ0v) is 17.1. The molecule has 6 heteroatoms. The first kappa shape index (κ1) is 19.6. The highest BCUT2D eigenvalue weighted by molar-refractivity contribution is 8.18. The van der Waals surface area contributed by atoms with Crippen LogP contribution in [0.5, 0.6) is 0 Å². The van der Waals surface area contributed by atoms with Gasteiger partial charge in [0.25, 0.3) is 11.1 Å². The number of aromatic nitrogens is 1. The second kappa shape index (κ2) is 7.94. The van der Waals surface area contributed by atoms with Gasteiger partial charge in [0.1, 0.15) is 0 Å². The van der Waals surface area contributed by atoms with Gasteiger partial charge in [0.05, 0.1) is 23.1 Å². The van der Waals surface area contributed by atoms with E-state index >= 15 is 0 Å². The van der Waals surface area contributed by atoms with E-state index in [1.54, 1.807) is 12.1 Å². The third-order valence-electron chi connectivity index (χ3n) is 5.14. The molecule has 2 heterocycles. The molecule has 5 nitrogen and oxygen atoms in total. The Labute approximate surface area is 178 Å². The third kappa shape index (κ3) is 3.28. The van der Waals surface area contributed by atoms with Gasteiger partial charge in [-0.25, -0.2) is 0 Å². The molecule has 2 amide bonds. The number of hydrogen-bond donors (Lipinski definition) is 0. The third-order valence-corrected chi connectivity index (χ3v) is 6.05. The summed E-state index contributed by atoms with van der Waals surface area (Å²) in [6.07, 6.45) is 7.05. The zero-order chi connectivity index (χ0) is 21.3. The molecule has 0 atom stereocenters. The van der Waals surface area contributed by atoms with E-state index in [-0.39, 0.29) is 17.7 Å². The van der Waals surface area contributed by atoms with E-state index in [4.69, 9.17) is 6.42 Å². The highest BCUT2D eigenvalue weighted by Crippen LogP contribution is 2.35. The summed E-state index contributed by atoms with van der Waals surface area (Å²) in [5, 5.41) is 10.1. The van der Waals surface area contributed by atoms with Crippen LogP contribution in [0.15, 0.2) is 53.4 Å². The standard InChI is InChI=1S/C24H17N3O2S/c1-3-12-26-23(28)22(30-24(26)29)13-20-16(2)27(21-11-7-6-10-19(20)21)15-18-9-5-4-8-17(18)14-25/h1,4-11,13H,12,15H2,2H3/b22-13+. The minimum Gasteiger partial charge on any atom is -0.340 e. The average molecular weight is 411 g/mol. The molecule has 0 N–H and O–H groups in total. The number of fused-ring (bicyclic) bond motifs is 1. The van der Waals surface area contributed by atoms with Gasteiger partial charge in [0.2, 0.25) is 0 Å². The van der Waals surface area contributed by atoms with Crippen LogP contribution >= 0.6 is 11.8 Å². The predicted molar refractivity (Wildman–Crippen MR) is 118 cm³/mol. The van der Waals surface area contributed by atoms with E-state index in [0.29, 0.717) is 17.0 Å². The number of carbonyl (C=O) groups is 2. The second-order valence-electron chi connectivity index (χ2n) is 6.84. The van der Waals surface area contributed by atoms with Gasteiger partial charge in [-0.15, -0.1) is 6.42 Å². The summed E-state index contributed by atoms with van der Waals surface area (Å²) in [7, 11) is 0. The summed E-state index contributed by atoms with van der Waals surface area (Å²) in [6, 6.07) is 17.7. The minimum absolute atomic E-state index is 0.0340. The largest absolute Gasteiger partial charge is 0.340 e. The van der Waals surface area contributed by atoms with E-state index in [1.807, 2.05) is 49.4 Å². The van der Waals surface area contributed by atoms with Crippen molar-refractivity contribution in [2.75, 3.05) is 6.54 Å². The van der Waals surface area contributed by atoms with E-state index in [1.165, 1.54) is 0 Å². The number of carbonyl (C=O) groups excluding carboxylic acids is 2. The summed E-state index contributed by atoms with van der Waals surface area (Å²) in [6.45, 7) is 2.47. The molecule has 3 aromatic rings. The fraction of sp³-hybridized carbons (Fsp3) is 0.125. The predicted octanol–water partition coefficient (Wildman–Crippen LogP) is 4.54. The van der Waals surface area contributed by atoms with Crippen LogP contribution in [0.1, 0.15) is 22.4 Å². The van der Waals surface area contributed by atoms with Crippen molar-refractivity contribution in [2.45, 2.75) is 13.5 Å². The van der Waals surface area contributed by atoms with Crippen LogP contribution in [0.25, 0.3) is 17.0 Å². The fourth-order valence-corrected chi connectivity index (χ4v) is 4.46. The summed E-state index contributed by atoms with van der Waals surface area (Å²) in [4.78, 5) is 26.2. The molecule has 1 aromatic heterocycles. The van der Waals surface area contributed by atoms with E-state index in [9.17, 15) is 14.9 Å². The molecule has 4 rings (SSSR count). The lowest BCUT2D eigenvalue weighted by molar-refractivity contribution is -0.122. The molecule has 0 saturated carbocycles. The monoisotopic (exact) mass is 411 g/mol. The van der Waals surface area contributed by atoms with Crippen LogP contribution < -0.4 is 0 Å². The van der Waals surface area contributed by atoms with Crippen LogP contribution in [0.2, 0.25) is 0 Å². The maximum absolute atomic E-state index is 12.6. The van der Waals surface area contributed by atoms with E-state index < -0.39 is 0 Å². The first-order chi connectivity index (χ1) is 14.5. The van der Waals surface area contributed by atoms with Crippen LogP contribution in [0.4, 0.5) is 4.79 Å². The minimum atomic E-state index is -0.367. The molecule has 1 fully saturated rings. The van der Waals surface area contributed by atoms with Crippen LogP contribution in [-0.4, -0.2) is 27.2 Å². The van der Waals surface area contributed by atoms with Crippen molar-refractivity contribution >= 4 is 39.9 Å². The molecule has 146 valence electrons. The van der Waals surface area contributed by atoms with Gasteiger partial charge in [-0.2, -0.15) is 5.26 Å². The maximum Gasteiger partial charge on any atom is 0.294 e. The normalized spacial score (nSPS) is 15.0. The van der Waals surface area contributed by atoms with Crippen molar-refractivity contribution in [3.05, 3.63) is 75.8 Å². The number of amides is 2. The Balaban J connectivity index is 1.83. The molecule has 0 bridgehead atoms. The molecule has 1 aliphatic rings. The SMILES string of the molecule is C#CCN1C(=O)S/C(=C/c2c(C)n(Cc3ccccc3C#N)c3ccccc23)C1=O. The first-order valence-electron chi connectivity index (χ1n) is 9.29. The van der Waals surface area contributed by atoms with Crippen molar-refractivity contribution in [3.8, 4) is 18.4 Å². The van der Waals surface area contributed by atoms with E-state index in [2.05, 4.69) is 16.6 Å². The molecule has 0 aliphatic carbocycles. The van der Waals surface area contributed by atoms with Crippen molar-refractivity contribution in [1.29, 1.82) is 5.26 Å². The van der Waals surface area contributed by atoms with Crippen LogP contribution in [-0.2, 0) is 11.3 Å². The number of benzene rings is 2. The van der Waals surface area contributed by atoms with Crippen LogP contribution in [0, 0.1) is 30.6 Å². The molecule has 0 spiro atoms. The molecule has 1 aliphatic heterocycles. The van der Waals surface area contributed by atoms with Gasteiger partial charge < -0.3 is 4.57 Å². The molecular weight excluding hydrogens is 394 g/mol. The lowest BCUT2D eigenvalue weighted by atomic mass is 10.1. The number of para-hydroxylation sites is 1. The van der Waals surface area contributed by atoms with Gasteiger partial charge in [0, 0.05) is 28.7 Å². The maximum atomic E-state index is 12.6. The lowest BCUT2D eigenvalue weighted by Crippen LogP contribution is -2.28. The average Bonchev–Trinajstić information content (AvgIpc) is 3.17. The molecule has 30 heavy (non-hydrogen) atoms. The van der Waals surface area contributed by atoms with Crippen LogP contribution in [0.3, 0.4) is 0 Å². The highest BCUT2D eigenvalue weighted by Gasteiger charge is 2.34. The number of nitriles is 1. The van der Waals surface area contributed by atoms with Gasteiger partial charge in [-0.1, -0.05) is 42.3 Å². The van der Waals surface area contributed by atoms with Gasteiger partial charge in [-0.05, 0) is 42.5 Å². The lowest BCUT2D eigenvalue weighted by Gasteiger charge is -2.10. The Hall–Kier alpha value is -3.74. The summed E-state index contributed by atoms with van der Waals surface area (Å²) in [5.41, 5.74) is 4.38. The number of rotatable bonds is 4.